The van der Waals surface area contributed by atoms with Crippen LogP contribution in [-0.2, 0) is 0 Å². The van der Waals surface area contributed by atoms with Gasteiger partial charge in [0.05, 0.1) is 25.5 Å². The fourth-order valence-corrected chi connectivity index (χ4v) is 3.48. The minimum atomic E-state index is 0.259. The lowest BCUT2D eigenvalue weighted by atomic mass is 10.0. The van der Waals surface area contributed by atoms with Gasteiger partial charge in [0, 0.05) is 6.54 Å². The van der Waals surface area contributed by atoms with Crippen LogP contribution in [0.1, 0.15) is 96.8 Å². The predicted molar refractivity (Wildman–Crippen MR) is 110 cm³/mol. The predicted octanol–water partition coefficient (Wildman–Crippen LogP) is 5.73. The van der Waals surface area contributed by atoms with Crippen molar-refractivity contribution in [2.24, 2.45) is 4.99 Å². The number of unbranched alkanes of at least 4 members (excludes halogenated alkanes) is 11. The number of nitrogens with zero attached hydrogens (tertiary/aromatic N) is 2. The van der Waals surface area contributed by atoms with E-state index in [1.54, 1.807) is 0 Å². The number of allylic oxidation sites excluding steroid dienone is 2. The van der Waals surface area contributed by atoms with Crippen molar-refractivity contribution in [1.29, 1.82) is 0 Å². The maximum absolute atomic E-state index is 9.49. The molecule has 3 nitrogen and oxygen atoms in total. The van der Waals surface area contributed by atoms with Crippen LogP contribution >= 0.6 is 0 Å². The summed E-state index contributed by atoms with van der Waals surface area (Å²) in [6.45, 7) is 4.41. The summed E-state index contributed by atoms with van der Waals surface area (Å²) in [4.78, 5) is 6.44. The van der Waals surface area contributed by atoms with Crippen molar-refractivity contribution in [2.75, 3.05) is 19.7 Å². The second kappa shape index (κ2) is 16.6. The van der Waals surface area contributed by atoms with Crippen molar-refractivity contribution in [2.45, 2.75) is 103 Å². The number of aliphatic hydroxyl groups is 1. The van der Waals surface area contributed by atoms with Gasteiger partial charge in [-0.3, -0.25) is 4.99 Å². The van der Waals surface area contributed by atoms with Crippen LogP contribution in [0.15, 0.2) is 17.1 Å². The van der Waals surface area contributed by atoms with E-state index in [2.05, 4.69) is 29.0 Å². The van der Waals surface area contributed by atoms with E-state index in [9.17, 15) is 5.11 Å². The molecule has 0 aromatic heterocycles. The molecule has 1 heterocycles. The van der Waals surface area contributed by atoms with Crippen LogP contribution in [0, 0.1) is 0 Å². The van der Waals surface area contributed by atoms with Gasteiger partial charge in [0.25, 0.3) is 0 Å². The van der Waals surface area contributed by atoms with Crippen LogP contribution in [0.25, 0.3) is 0 Å². The molecule has 1 atom stereocenters. The maximum Gasteiger partial charge on any atom is 0.0854 e. The summed E-state index contributed by atoms with van der Waals surface area (Å²) in [6.07, 6.45) is 25.2. The molecule has 0 radical (unpaired) electrons. The summed E-state index contributed by atoms with van der Waals surface area (Å²) < 4.78 is 0. The molecule has 1 rings (SSSR count). The summed E-state index contributed by atoms with van der Waals surface area (Å²) >= 11 is 0. The molecule has 1 aliphatic rings. The fraction of sp³-hybridized carbons (Fsp3) is 0.864. The Morgan fingerprint density at radius 2 is 1.52 bits per heavy atom. The number of aliphatic hydroxyl groups excluding tert-OH is 1. The molecule has 0 aromatic carbocycles. The normalized spacial score (nSPS) is 15.5. The fourth-order valence-electron chi connectivity index (χ4n) is 3.48. The number of aliphatic imine (C=N–C) groups is 1. The number of hydrogen-bond donors (Lipinski definition) is 1. The van der Waals surface area contributed by atoms with Gasteiger partial charge in [0.15, 0.2) is 0 Å². The molecule has 0 fully saturated rings. The van der Waals surface area contributed by atoms with Crippen LogP contribution in [0.4, 0.5) is 0 Å². The summed E-state index contributed by atoms with van der Waals surface area (Å²) in [7, 11) is 0. The molecule has 0 amide bonds. The molecular formula is C22H42N2O. The van der Waals surface area contributed by atoms with Crippen molar-refractivity contribution in [1.82, 2.24) is 4.90 Å². The SMILES string of the molecule is CCCCCCCCC=CCCCCCCCC(CO)N1C=NCC1. The van der Waals surface area contributed by atoms with Crippen molar-refractivity contribution in [3.05, 3.63) is 12.2 Å². The molecule has 0 spiro atoms. The Morgan fingerprint density at radius 3 is 2.08 bits per heavy atom. The maximum atomic E-state index is 9.49. The number of hydrogen-bond acceptors (Lipinski definition) is 3. The van der Waals surface area contributed by atoms with Gasteiger partial charge in [0.1, 0.15) is 0 Å². The molecule has 146 valence electrons. The number of rotatable bonds is 17. The Bertz CT molecular complexity index is 341. The van der Waals surface area contributed by atoms with Crippen molar-refractivity contribution < 1.29 is 5.11 Å². The van der Waals surface area contributed by atoms with Crippen molar-refractivity contribution >= 4 is 6.34 Å². The highest BCUT2D eigenvalue weighted by molar-refractivity contribution is 5.57. The zero-order valence-electron chi connectivity index (χ0n) is 16.7. The molecule has 1 N–H and O–H groups in total. The topological polar surface area (TPSA) is 35.8 Å². The Kier molecular flexibility index (Phi) is 14.8. The molecule has 3 heteroatoms. The van der Waals surface area contributed by atoms with Gasteiger partial charge in [-0.2, -0.15) is 0 Å². The molecule has 1 aliphatic heterocycles. The van der Waals surface area contributed by atoms with Crippen LogP contribution < -0.4 is 0 Å². The van der Waals surface area contributed by atoms with Crippen LogP contribution in [-0.4, -0.2) is 42.1 Å². The van der Waals surface area contributed by atoms with Gasteiger partial charge in [-0.15, -0.1) is 0 Å². The lowest BCUT2D eigenvalue weighted by Crippen LogP contribution is -2.35. The molecule has 25 heavy (non-hydrogen) atoms. The highest BCUT2D eigenvalue weighted by atomic mass is 16.3. The van der Waals surface area contributed by atoms with Crippen LogP contribution in [0.2, 0.25) is 0 Å². The highest BCUT2D eigenvalue weighted by Gasteiger charge is 2.16. The van der Waals surface area contributed by atoms with E-state index in [1.165, 1.54) is 83.5 Å². The van der Waals surface area contributed by atoms with E-state index in [4.69, 9.17) is 0 Å². The smallest absolute Gasteiger partial charge is 0.0854 e. The van der Waals surface area contributed by atoms with Gasteiger partial charge in [-0.05, 0) is 32.1 Å². The largest absolute Gasteiger partial charge is 0.394 e. The first kappa shape index (κ1) is 22.2. The van der Waals surface area contributed by atoms with E-state index >= 15 is 0 Å². The van der Waals surface area contributed by atoms with Gasteiger partial charge >= 0.3 is 0 Å². The molecule has 0 bridgehead atoms. The summed E-state index contributed by atoms with van der Waals surface area (Å²) in [5, 5.41) is 9.49. The Morgan fingerprint density at radius 1 is 0.920 bits per heavy atom. The Balaban J connectivity index is 1.82. The van der Waals surface area contributed by atoms with E-state index in [0.717, 1.165) is 19.5 Å². The first-order valence-corrected chi connectivity index (χ1v) is 10.9. The minimum Gasteiger partial charge on any atom is -0.394 e. The molecule has 0 saturated heterocycles. The van der Waals surface area contributed by atoms with Gasteiger partial charge < -0.3 is 10.0 Å². The molecule has 1 unspecified atom stereocenters. The lowest BCUT2D eigenvalue weighted by molar-refractivity contribution is 0.180. The summed E-state index contributed by atoms with van der Waals surface area (Å²) in [5.74, 6) is 0. The van der Waals surface area contributed by atoms with Gasteiger partial charge in [-0.1, -0.05) is 76.9 Å². The first-order chi connectivity index (χ1) is 12.4. The summed E-state index contributed by atoms with van der Waals surface area (Å²) in [5.41, 5.74) is 0. The third kappa shape index (κ3) is 12.2. The van der Waals surface area contributed by atoms with Gasteiger partial charge in [-0.25, -0.2) is 0 Å². The third-order valence-corrected chi connectivity index (χ3v) is 5.20. The first-order valence-electron chi connectivity index (χ1n) is 10.9. The molecular weight excluding hydrogens is 308 g/mol. The second-order valence-corrected chi connectivity index (χ2v) is 7.47. The standard InChI is InChI=1S/C22H42N2O/c1-2-3-4-5-6-7-8-9-10-11-12-13-14-15-16-17-22(20-25)24-19-18-23-21-24/h9-10,21-22,25H,2-8,11-20H2,1H3. The average Bonchev–Trinajstić information content (AvgIpc) is 3.16. The third-order valence-electron chi connectivity index (χ3n) is 5.20. The quantitative estimate of drug-likeness (QED) is 0.269. The minimum absolute atomic E-state index is 0.259. The molecule has 0 aliphatic carbocycles. The van der Waals surface area contributed by atoms with Crippen LogP contribution in [0.5, 0.6) is 0 Å². The summed E-state index contributed by atoms with van der Waals surface area (Å²) in [6, 6.07) is 0.288. The van der Waals surface area contributed by atoms with E-state index in [1.807, 2.05) is 6.34 Å². The molecule has 0 aromatic rings. The monoisotopic (exact) mass is 350 g/mol. The zero-order valence-corrected chi connectivity index (χ0v) is 16.7. The van der Waals surface area contributed by atoms with Crippen molar-refractivity contribution in [3.63, 3.8) is 0 Å². The van der Waals surface area contributed by atoms with Gasteiger partial charge in [0.2, 0.25) is 0 Å². The highest BCUT2D eigenvalue weighted by Crippen LogP contribution is 2.13. The van der Waals surface area contributed by atoms with Crippen molar-refractivity contribution in [3.8, 4) is 0 Å². The lowest BCUT2D eigenvalue weighted by Gasteiger charge is -2.24. The molecule has 0 saturated carbocycles. The average molecular weight is 351 g/mol. The Hall–Kier alpha value is -0.830. The Labute approximate surface area is 156 Å². The zero-order chi connectivity index (χ0) is 18.0. The van der Waals surface area contributed by atoms with E-state index < -0.39 is 0 Å². The second-order valence-electron chi connectivity index (χ2n) is 7.47. The van der Waals surface area contributed by atoms with E-state index in [0.29, 0.717) is 0 Å². The van der Waals surface area contributed by atoms with Crippen LogP contribution in [0.3, 0.4) is 0 Å². The van der Waals surface area contributed by atoms with E-state index in [-0.39, 0.29) is 12.6 Å².